The van der Waals surface area contributed by atoms with Crippen molar-refractivity contribution in [3.8, 4) is 0 Å². The largest absolute Gasteiger partial charge is 0.309 e. The number of aromatic nitrogens is 2. The molecule has 0 aliphatic heterocycles. The molecule has 0 amide bonds. The van der Waals surface area contributed by atoms with E-state index < -0.39 is 0 Å². The van der Waals surface area contributed by atoms with Crippen molar-refractivity contribution in [2.24, 2.45) is 7.05 Å². The van der Waals surface area contributed by atoms with Crippen LogP contribution < -0.4 is 5.32 Å². The van der Waals surface area contributed by atoms with Gasteiger partial charge in [0.1, 0.15) is 0 Å². The summed E-state index contributed by atoms with van der Waals surface area (Å²) >= 11 is 0. The lowest BCUT2D eigenvalue weighted by Gasteiger charge is -2.18. The molecule has 98 valence electrons. The van der Waals surface area contributed by atoms with Gasteiger partial charge in [-0.15, -0.1) is 0 Å². The first kappa shape index (κ1) is 14.2. The van der Waals surface area contributed by atoms with Gasteiger partial charge in [-0.2, -0.15) is 5.10 Å². The van der Waals surface area contributed by atoms with Gasteiger partial charge in [0.15, 0.2) is 0 Å². The van der Waals surface area contributed by atoms with Crippen LogP contribution in [-0.4, -0.2) is 16.3 Å². The van der Waals surface area contributed by atoms with E-state index >= 15 is 0 Å². The van der Waals surface area contributed by atoms with Gasteiger partial charge < -0.3 is 5.32 Å². The van der Waals surface area contributed by atoms with E-state index in [1.54, 1.807) is 0 Å². The molecular weight excluding hydrogens is 210 g/mol. The van der Waals surface area contributed by atoms with Crippen LogP contribution in [0.25, 0.3) is 0 Å². The van der Waals surface area contributed by atoms with Crippen molar-refractivity contribution in [1.29, 1.82) is 0 Å². The third-order valence-corrected chi connectivity index (χ3v) is 3.17. The van der Waals surface area contributed by atoms with E-state index in [0.29, 0.717) is 6.04 Å². The number of nitrogens with zero attached hydrogens (tertiary/aromatic N) is 2. The summed E-state index contributed by atoms with van der Waals surface area (Å²) < 4.78 is 2.04. The fourth-order valence-corrected chi connectivity index (χ4v) is 2.12. The molecule has 1 heterocycles. The van der Waals surface area contributed by atoms with Crippen molar-refractivity contribution in [3.05, 3.63) is 17.5 Å². The smallest absolute Gasteiger partial charge is 0.0625 e. The molecule has 1 unspecified atom stereocenters. The van der Waals surface area contributed by atoms with Crippen molar-refractivity contribution in [2.45, 2.75) is 58.9 Å². The molecule has 0 bridgehead atoms. The number of aryl methyl sites for hydroxylation is 2. The van der Waals surface area contributed by atoms with Gasteiger partial charge in [0.2, 0.25) is 0 Å². The number of nitrogens with one attached hydrogen (secondary N) is 1. The molecule has 1 aromatic rings. The van der Waals surface area contributed by atoms with Gasteiger partial charge in [0, 0.05) is 13.1 Å². The van der Waals surface area contributed by atoms with E-state index in [-0.39, 0.29) is 0 Å². The zero-order chi connectivity index (χ0) is 12.7. The lowest BCUT2D eigenvalue weighted by Crippen LogP contribution is -2.24. The molecule has 0 saturated heterocycles. The Bertz CT molecular complexity index is 309. The monoisotopic (exact) mass is 237 g/mol. The Kier molecular flexibility index (Phi) is 6.27. The summed E-state index contributed by atoms with van der Waals surface area (Å²) in [4.78, 5) is 0. The maximum Gasteiger partial charge on any atom is 0.0625 e. The number of rotatable bonds is 8. The first-order chi connectivity index (χ1) is 8.22. The van der Waals surface area contributed by atoms with Gasteiger partial charge >= 0.3 is 0 Å². The van der Waals surface area contributed by atoms with Gasteiger partial charge in [-0.05, 0) is 31.9 Å². The summed E-state index contributed by atoms with van der Waals surface area (Å²) in [5.41, 5.74) is 2.53. The summed E-state index contributed by atoms with van der Waals surface area (Å²) in [6.07, 6.45) is 5.93. The van der Waals surface area contributed by atoms with Crippen LogP contribution in [0.2, 0.25) is 0 Å². The second-order valence-electron chi connectivity index (χ2n) is 4.69. The molecule has 0 fully saturated rings. The summed E-state index contributed by atoms with van der Waals surface area (Å²) in [7, 11) is 2.06. The number of hydrogen-bond acceptors (Lipinski definition) is 2. The Morgan fingerprint density at radius 3 is 2.59 bits per heavy atom. The molecule has 0 radical (unpaired) electrons. The van der Waals surface area contributed by atoms with Crippen molar-refractivity contribution < 1.29 is 0 Å². The molecule has 1 N–H and O–H groups in total. The fourth-order valence-electron chi connectivity index (χ4n) is 2.12. The van der Waals surface area contributed by atoms with Gasteiger partial charge in [-0.3, -0.25) is 4.68 Å². The van der Waals surface area contributed by atoms with E-state index in [1.807, 2.05) is 4.68 Å². The summed E-state index contributed by atoms with van der Waals surface area (Å²) in [6.45, 7) is 7.70. The van der Waals surface area contributed by atoms with Crippen LogP contribution in [0.4, 0.5) is 0 Å². The predicted molar refractivity (Wildman–Crippen MR) is 73.1 cm³/mol. The minimum absolute atomic E-state index is 0.465. The third-order valence-electron chi connectivity index (χ3n) is 3.17. The minimum Gasteiger partial charge on any atom is -0.309 e. The zero-order valence-corrected chi connectivity index (χ0v) is 11.8. The third kappa shape index (κ3) is 4.15. The van der Waals surface area contributed by atoms with Crippen LogP contribution in [0.5, 0.6) is 0 Å². The summed E-state index contributed by atoms with van der Waals surface area (Å²) in [5.74, 6) is 0. The van der Waals surface area contributed by atoms with E-state index in [1.165, 1.54) is 37.1 Å². The molecule has 3 heteroatoms. The molecule has 17 heavy (non-hydrogen) atoms. The second kappa shape index (κ2) is 7.49. The Labute approximate surface area is 106 Å². The van der Waals surface area contributed by atoms with Crippen LogP contribution in [-0.2, 0) is 13.5 Å². The molecule has 0 aromatic carbocycles. The van der Waals surface area contributed by atoms with Gasteiger partial charge in [0.05, 0.1) is 11.4 Å². The normalized spacial score (nSPS) is 12.9. The average Bonchev–Trinajstić information content (AvgIpc) is 2.71. The Morgan fingerprint density at radius 1 is 1.29 bits per heavy atom. The van der Waals surface area contributed by atoms with Gasteiger partial charge in [-0.25, -0.2) is 0 Å². The van der Waals surface area contributed by atoms with Crippen molar-refractivity contribution in [2.75, 3.05) is 6.54 Å². The van der Waals surface area contributed by atoms with E-state index in [0.717, 1.165) is 13.0 Å². The van der Waals surface area contributed by atoms with Crippen LogP contribution in [0.1, 0.15) is 63.9 Å². The highest BCUT2D eigenvalue weighted by Crippen LogP contribution is 2.20. The van der Waals surface area contributed by atoms with Crippen molar-refractivity contribution in [1.82, 2.24) is 15.1 Å². The Morgan fingerprint density at radius 2 is 2.06 bits per heavy atom. The molecule has 0 spiro atoms. The Hall–Kier alpha value is -0.830. The molecular formula is C14H27N3. The topological polar surface area (TPSA) is 29.9 Å². The van der Waals surface area contributed by atoms with E-state index in [2.05, 4.69) is 44.3 Å². The summed E-state index contributed by atoms with van der Waals surface area (Å²) in [6, 6.07) is 2.72. The second-order valence-corrected chi connectivity index (χ2v) is 4.69. The molecule has 1 rings (SSSR count). The molecule has 1 atom stereocenters. The molecule has 3 nitrogen and oxygen atoms in total. The lowest BCUT2D eigenvalue weighted by molar-refractivity contribution is 0.453. The van der Waals surface area contributed by atoms with Crippen LogP contribution in [0.15, 0.2) is 6.07 Å². The van der Waals surface area contributed by atoms with Crippen molar-refractivity contribution >= 4 is 0 Å². The molecule has 0 aliphatic carbocycles. The average molecular weight is 237 g/mol. The lowest BCUT2D eigenvalue weighted by atomic mass is 10.1. The fraction of sp³-hybridized carbons (Fsp3) is 0.786. The van der Waals surface area contributed by atoms with Gasteiger partial charge in [0.25, 0.3) is 0 Å². The first-order valence-electron chi connectivity index (χ1n) is 6.99. The van der Waals surface area contributed by atoms with Crippen LogP contribution in [0, 0.1) is 0 Å². The highest BCUT2D eigenvalue weighted by atomic mass is 15.3. The molecule has 0 saturated carbocycles. The predicted octanol–water partition coefficient (Wildman–Crippen LogP) is 3.21. The maximum atomic E-state index is 4.54. The van der Waals surface area contributed by atoms with Crippen molar-refractivity contribution in [3.63, 3.8) is 0 Å². The van der Waals surface area contributed by atoms with E-state index in [4.69, 9.17) is 0 Å². The standard InChI is InChI=1S/C14H27N3/c1-5-8-9-13(15-10-6-2)14-11-12(7-3)16-17(14)4/h11,13,15H,5-10H2,1-4H3. The maximum absolute atomic E-state index is 4.54. The zero-order valence-electron chi connectivity index (χ0n) is 11.8. The SMILES string of the molecule is CCCCC(NCCC)c1cc(CC)nn1C. The Balaban J connectivity index is 2.74. The molecule has 1 aromatic heterocycles. The van der Waals surface area contributed by atoms with Gasteiger partial charge in [-0.1, -0.05) is 33.6 Å². The number of unbranched alkanes of at least 4 members (excludes halogenated alkanes) is 1. The first-order valence-corrected chi connectivity index (χ1v) is 6.99. The highest BCUT2D eigenvalue weighted by Gasteiger charge is 2.15. The number of hydrogen-bond donors (Lipinski definition) is 1. The quantitative estimate of drug-likeness (QED) is 0.752. The molecule has 0 aliphatic rings. The minimum atomic E-state index is 0.465. The van der Waals surface area contributed by atoms with E-state index in [9.17, 15) is 0 Å². The van der Waals surface area contributed by atoms with Crippen LogP contribution >= 0.6 is 0 Å². The van der Waals surface area contributed by atoms with Crippen LogP contribution in [0.3, 0.4) is 0 Å². The highest BCUT2D eigenvalue weighted by molar-refractivity contribution is 5.14. The summed E-state index contributed by atoms with van der Waals surface area (Å²) in [5, 5.41) is 8.18.